The standard InChI is InChI=1S/C7H11N3O4/c11-1-3-4(12)5(13)6(14-3)7-8-2-9-10-7/h2-6,11-13H,1H2,(H,8,9,10)/t3-,4-,5-,6-/m1/s1. The Morgan fingerprint density at radius 1 is 1.43 bits per heavy atom. The van der Waals surface area contributed by atoms with Crippen LogP contribution in [-0.4, -0.2) is 55.4 Å². The number of H-pyrrole nitrogens is 1. The number of nitrogens with one attached hydrogen (secondary N) is 1. The lowest BCUT2D eigenvalue weighted by atomic mass is 10.1. The molecule has 4 atom stereocenters. The van der Waals surface area contributed by atoms with Crippen LogP contribution in [0.1, 0.15) is 11.9 Å². The summed E-state index contributed by atoms with van der Waals surface area (Å²) in [6.45, 7) is -0.344. The summed E-state index contributed by atoms with van der Waals surface area (Å²) < 4.78 is 5.20. The number of ether oxygens (including phenoxy) is 1. The summed E-state index contributed by atoms with van der Waals surface area (Å²) in [7, 11) is 0. The van der Waals surface area contributed by atoms with Gasteiger partial charge in [0.15, 0.2) is 5.82 Å². The van der Waals surface area contributed by atoms with Gasteiger partial charge in [0, 0.05) is 0 Å². The fourth-order valence-electron chi connectivity index (χ4n) is 1.48. The third-order valence-electron chi connectivity index (χ3n) is 2.25. The molecule has 2 heterocycles. The summed E-state index contributed by atoms with van der Waals surface area (Å²) in [6.07, 6.45) is -2.45. The van der Waals surface area contributed by atoms with E-state index in [1.165, 1.54) is 6.33 Å². The van der Waals surface area contributed by atoms with Crippen LogP contribution in [0.15, 0.2) is 6.33 Å². The highest BCUT2D eigenvalue weighted by Crippen LogP contribution is 2.30. The van der Waals surface area contributed by atoms with Gasteiger partial charge in [0.1, 0.15) is 30.7 Å². The summed E-state index contributed by atoms with van der Waals surface area (Å²) in [6, 6.07) is 0. The zero-order valence-electron chi connectivity index (χ0n) is 7.24. The van der Waals surface area contributed by atoms with Gasteiger partial charge < -0.3 is 20.1 Å². The van der Waals surface area contributed by atoms with Crippen molar-refractivity contribution in [3.05, 3.63) is 12.2 Å². The largest absolute Gasteiger partial charge is 0.394 e. The van der Waals surface area contributed by atoms with Crippen molar-refractivity contribution in [3.63, 3.8) is 0 Å². The molecule has 7 heteroatoms. The maximum atomic E-state index is 9.56. The van der Waals surface area contributed by atoms with Gasteiger partial charge in [0.2, 0.25) is 0 Å². The monoisotopic (exact) mass is 201 g/mol. The molecule has 1 fully saturated rings. The van der Waals surface area contributed by atoms with Gasteiger partial charge in [-0.3, -0.25) is 5.10 Å². The van der Waals surface area contributed by atoms with Crippen molar-refractivity contribution < 1.29 is 20.1 Å². The second-order valence-corrected chi connectivity index (χ2v) is 3.13. The number of hydrogen-bond donors (Lipinski definition) is 4. The van der Waals surface area contributed by atoms with E-state index in [1.54, 1.807) is 0 Å². The van der Waals surface area contributed by atoms with Gasteiger partial charge >= 0.3 is 0 Å². The molecule has 4 N–H and O–H groups in total. The molecule has 0 saturated carbocycles. The summed E-state index contributed by atoms with van der Waals surface area (Å²) in [5.41, 5.74) is 0. The first-order chi connectivity index (χ1) is 6.74. The van der Waals surface area contributed by atoms with Gasteiger partial charge in [-0.25, -0.2) is 4.98 Å². The number of nitrogens with zero attached hydrogens (tertiary/aromatic N) is 2. The number of aliphatic hydroxyl groups is 3. The molecule has 0 aliphatic carbocycles. The van der Waals surface area contributed by atoms with Gasteiger partial charge in [-0.05, 0) is 0 Å². The number of aromatic amines is 1. The fraction of sp³-hybridized carbons (Fsp3) is 0.714. The van der Waals surface area contributed by atoms with Crippen molar-refractivity contribution >= 4 is 0 Å². The average molecular weight is 201 g/mol. The van der Waals surface area contributed by atoms with Crippen molar-refractivity contribution in [2.45, 2.75) is 24.4 Å². The minimum Gasteiger partial charge on any atom is -0.394 e. The first kappa shape index (κ1) is 9.53. The summed E-state index contributed by atoms with van der Waals surface area (Å²) in [4.78, 5) is 3.81. The van der Waals surface area contributed by atoms with Crippen LogP contribution in [-0.2, 0) is 4.74 Å². The fourth-order valence-corrected chi connectivity index (χ4v) is 1.48. The minimum absolute atomic E-state index is 0.340. The molecular weight excluding hydrogens is 190 g/mol. The van der Waals surface area contributed by atoms with E-state index in [-0.39, 0.29) is 6.61 Å². The number of hydrogen-bond acceptors (Lipinski definition) is 6. The summed E-state index contributed by atoms with van der Waals surface area (Å²) in [5, 5.41) is 34.0. The predicted molar refractivity (Wildman–Crippen MR) is 43.1 cm³/mol. The lowest BCUT2D eigenvalue weighted by Crippen LogP contribution is -2.32. The molecule has 0 unspecified atom stereocenters. The Kier molecular flexibility index (Phi) is 2.46. The van der Waals surface area contributed by atoms with Crippen molar-refractivity contribution in [2.24, 2.45) is 0 Å². The lowest BCUT2D eigenvalue weighted by Gasteiger charge is -2.10. The van der Waals surface area contributed by atoms with Crippen LogP contribution in [0.3, 0.4) is 0 Å². The molecule has 0 bridgehead atoms. The Balaban J connectivity index is 2.16. The summed E-state index contributed by atoms with van der Waals surface area (Å²) in [5.74, 6) is 0.340. The Morgan fingerprint density at radius 2 is 2.21 bits per heavy atom. The molecule has 1 saturated heterocycles. The summed E-state index contributed by atoms with van der Waals surface area (Å²) >= 11 is 0. The van der Waals surface area contributed by atoms with E-state index < -0.39 is 24.4 Å². The molecule has 1 aromatic rings. The van der Waals surface area contributed by atoms with Crippen molar-refractivity contribution in [2.75, 3.05) is 6.61 Å². The Labute approximate surface area is 79.4 Å². The van der Waals surface area contributed by atoms with Crippen LogP contribution in [0.2, 0.25) is 0 Å². The topological polar surface area (TPSA) is 111 Å². The normalized spacial score (nSPS) is 37.6. The van der Waals surface area contributed by atoms with Gasteiger partial charge in [0.05, 0.1) is 6.61 Å². The van der Waals surface area contributed by atoms with E-state index >= 15 is 0 Å². The molecule has 1 aliphatic rings. The van der Waals surface area contributed by atoms with Crippen LogP contribution in [0, 0.1) is 0 Å². The molecule has 2 rings (SSSR count). The number of aliphatic hydroxyl groups excluding tert-OH is 3. The molecule has 14 heavy (non-hydrogen) atoms. The molecular formula is C7H11N3O4. The smallest absolute Gasteiger partial charge is 0.156 e. The van der Waals surface area contributed by atoms with Gasteiger partial charge in [0.25, 0.3) is 0 Å². The predicted octanol–water partition coefficient (Wildman–Crippen LogP) is -2.04. The molecule has 0 spiro atoms. The Bertz CT molecular complexity index is 291. The van der Waals surface area contributed by atoms with Crippen LogP contribution in [0.5, 0.6) is 0 Å². The van der Waals surface area contributed by atoms with Crippen LogP contribution in [0.25, 0.3) is 0 Å². The van der Waals surface area contributed by atoms with Crippen LogP contribution < -0.4 is 0 Å². The second kappa shape index (κ2) is 3.62. The van der Waals surface area contributed by atoms with E-state index in [2.05, 4.69) is 15.2 Å². The van der Waals surface area contributed by atoms with E-state index in [0.29, 0.717) is 5.82 Å². The van der Waals surface area contributed by atoms with Gasteiger partial charge in [-0.1, -0.05) is 0 Å². The maximum Gasteiger partial charge on any atom is 0.156 e. The van der Waals surface area contributed by atoms with E-state index in [4.69, 9.17) is 9.84 Å². The molecule has 0 amide bonds. The highest BCUT2D eigenvalue weighted by molar-refractivity contribution is 5.00. The highest BCUT2D eigenvalue weighted by atomic mass is 16.6. The van der Waals surface area contributed by atoms with E-state index in [9.17, 15) is 10.2 Å². The number of rotatable bonds is 2. The minimum atomic E-state index is -1.10. The van der Waals surface area contributed by atoms with Crippen molar-refractivity contribution in [1.29, 1.82) is 0 Å². The molecule has 1 aliphatic heterocycles. The zero-order chi connectivity index (χ0) is 10.1. The molecule has 7 nitrogen and oxygen atoms in total. The average Bonchev–Trinajstić information content (AvgIpc) is 2.78. The lowest BCUT2D eigenvalue weighted by molar-refractivity contribution is -0.0251. The number of aromatic nitrogens is 3. The van der Waals surface area contributed by atoms with Crippen molar-refractivity contribution in [3.8, 4) is 0 Å². The molecule has 0 aromatic carbocycles. The Morgan fingerprint density at radius 3 is 2.71 bits per heavy atom. The molecule has 1 aromatic heterocycles. The van der Waals surface area contributed by atoms with Gasteiger partial charge in [-0.2, -0.15) is 5.10 Å². The van der Waals surface area contributed by atoms with E-state index in [0.717, 1.165) is 0 Å². The maximum absolute atomic E-state index is 9.56. The third kappa shape index (κ3) is 1.40. The van der Waals surface area contributed by atoms with Crippen LogP contribution in [0.4, 0.5) is 0 Å². The van der Waals surface area contributed by atoms with E-state index in [1.807, 2.05) is 0 Å². The SMILES string of the molecule is OC[C@H]1O[C@@H](c2ncn[nH]2)[C@H](O)[C@@H]1O. The third-order valence-corrected chi connectivity index (χ3v) is 2.25. The quantitative estimate of drug-likeness (QED) is 0.438. The van der Waals surface area contributed by atoms with Crippen LogP contribution >= 0.6 is 0 Å². The van der Waals surface area contributed by atoms with Gasteiger partial charge in [-0.15, -0.1) is 0 Å². The highest BCUT2D eigenvalue weighted by Gasteiger charge is 2.44. The van der Waals surface area contributed by atoms with Crippen molar-refractivity contribution in [1.82, 2.24) is 15.2 Å². The molecule has 0 radical (unpaired) electrons. The Hall–Kier alpha value is -1.02. The molecule has 78 valence electrons. The zero-order valence-corrected chi connectivity index (χ0v) is 7.24. The first-order valence-corrected chi connectivity index (χ1v) is 4.21. The second-order valence-electron chi connectivity index (χ2n) is 3.13. The first-order valence-electron chi connectivity index (χ1n) is 4.21.